The number of halogens is 2. The van der Waals surface area contributed by atoms with E-state index in [1.54, 1.807) is 6.07 Å². The maximum absolute atomic E-state index is 11.9. The van der Waals surface area contributed by atoms with Gasteiger partial charge in [0, 0.05) is 22.1 Å². The summed E-state index contributed by atoms with van der Waals surface area (Å²) in [5.74, 6) is 0.173. The van der Waals surface area contributed by atoms with Gasteiger partial charge in [0.2, 0.25) is 0 Å². The highest BCUT2D eigenvalue weighted by atomic mass is 79.9. The first-order valence-corrected chi connectivity index (χ1v) is 6.97. The monoisotopic (exact) mass is 363 g/mol. The van der Waals surface area contributed by atoms with Crippen LogP contribution in [0.25, 0.3) is 0 Å². The van der Waals surface area contributed by atoms with Gasteiger partial charge in [-0.25, -0.2) is 0 Å². The molecule has 1 rings (SSSR count). The van der Waals surface area contributed by atoms with Gasteiger partial charge >= 0.3 is 0 Å². The Labute approximate surface area is 118 Å². The third-order valence-electron chi connectivity index (χ3n) is 2.41. The standard InChI is InChI=1S/C12H15Br2NO2/c1-8(4-5-16)7-15-12(17)10-3-2-9(13)6-11(10)14/h2-3,6,8,16H,4-5,7H2,1H3,(H,15,17). The van der Waals surface area contributed by atoms with Crippen LogP contribution in [0.15, 0.2) is 27.1 Å². The van der Waals surface area contributed by atoms with Crippen molar-refractivity contribution in [2.24, 2.45) is 5.92 Å². The van der Waals surface area contributed by atoms with Gasteiger partial charge in [-0.05, 0) is 46.5 Å². The average molecular weight is 365 g/mol. The molecule has 0 heterocycles. The van der Waals surface area contributed by atoms with Gasteiger partial charge in [0.15, 0.2) is 0 Å². The maximum Gasteiger partial charge on any atom is 0.252 e. The summed E-state index contributed by atoms with van der Waals surface area (Å²) in [5.41, 5.74) is 0.615. The van der Waals surface area contributed by atoms with Crippen LogP contribution in [0.1, 0.15) is 23.7 Å². The first-order chi connectivity index (χ1) is 8.04. The van der Waals surface area contributed by atoms with Crippen molar-refractivity contribution in [3.63, 3.8) is 0 Å². The first kappa shape index (κ1) is 14.7. The third kappa shape index (κ3) is 4.77. The van der Waals surface area contributed by atoms with Crippen molar-refractivity contribution in [2.45, 2.75) is 13.3 Å². The second-order valence-corrected chi connectivity index (χ2v) is 5.72. The lowest BCUT2D eigenvalue weighted by Crippen LogP contribution is -2.28. The van der Waals surface area contributed by atoms with Crippen molar-refractivity contribution in [3.8, 4) is 0 Å². The molecule has 1 atom stereocenters. The minimum absolute atomic E-state index is 0.103. The van der Waals surface area contributed by atoms with Crippen LogP contribution in [0.3, 0.4) is 0 Å². The molecule has 17 heavy (non-hydrogen) atoms. The molecule has 94 valence electrons. The minimum atomic E-state index is -0.103. The van der Waals surface area contributed by atoms with E-state index in [0.29, 0.717) is 18.5 Å². The quantitative estimate of drug-likeness (QED) is 0.843. The number of aliphatic hydroxyl groups is 1. The number of hydrogen-bond donors (Lipinski definition) is 2. The number of nitrogens with one attached hydrogen (secondary N) is 1. The molecule has 1 unspecified atom stereocenters. The van der Waals surface area contributed by atoms with E-state index in [9.17, 15) is 4.79 Å². The molecule has 0 saturated carbocycles. The highest BCUT2D eigenvalue weighted by Crippen LogP contribution is 2.21. The van der Waals surface area contributed by atoms with Crippen LogP contribution in [0.4, 0.5) is 0 Å². The molecule has 0 spiro atoms. The van der Waals surface area contributed by atoms with Crippen molar-refractivity contribution in [1.29, 1.82) is 0 Å². The zero-order chi connectivity index (χ0) is 12.8. The zero-order valence-electron chi connectivity index (χ0n) is 9.54. The Kier molecular flexibility index (Phi) is 6.16. The minimum Gasteiger partial charge on any atom is -0.396 e. The molecular formula is C12H15Br2NO2. The summed E-state index contributed by atoms with van der Waals surface area (Å²) < 4.78 is 1.69. The van der Waals surface area contributed by atoms with Gasteiger partial charge < -0.3 is 10.4 Å². The van der Waals surface area contributed by atoms with Crippen LogP contribution < -0.4 is 5.32 Å². The maximum atomic E-state index is 11.9. The van der Waals surface area contributed by atoms with Crippen molar-refractivity contribution in [3.05, 3.63) is 32.7 Å². The second-order valence-electron chi connectivity index (χ2n) is 3.95. The SMILES string of the molecule is CC(CCO)CNC(=O)c1ccc(Br)cc1Br. The van der Waals surface area contributed by atoms with Crippen molar-refractivity contribution >= 4 is 37.8 Å². The predicted octanol–water partition coefficient (Wildman–Crippen LogP) is 2.96. The van der Waals surface area contributed by atoms with Crippen molar-refractivity contribution in [2.75, 3.05) is 13.2 Å². The molecule has 0 radical (unpaired) electrons. The molecule has 0 aliphatic carbocycles. The van der Waals surface area contributed by atoms with E-state index in [2.05, 4.69) is 37.2 Å². The normalized spacial score (nSPS) is 12.2. The highest BCUT2D eigenvalue weighted by molar-refractivity contribution is 9.11. The number of aliphatic hydroxyl groups excluding tert-OH is 1. The zero-order valence-corrected chi connectivity index (χ0v) is 12.7. The Morgan fingerprint density at radius 1 is 1.47 bits per heavy atom. The van der Waals surface area contributed by atoms with E-state index in [-0.39, 0.29) is 18.4 Å². The molecule has 0 aliphatic heterocycles. The largest absolute Gasteiger partial charge is 0.396 e. The topological polar surface area (TPSA) is 49.3 Å². The van der Waals surface area contributed by atoms with Crippen LogP contribution in [0, 0.1) is 5.92 Å². The van der Waals surface area contributed by atoms with Crippen molar-refractivity contribution < 1.29 is 9.90 Å². The molecule has 1 aromatic carbocycles. The summed E-state index contributed by atoms with van der Waals surface area (Å²) in [6.45, 7) is 2.72. The number of amides is 1. The summed E-state index contributed by atoms with van der Waals surface area (Å²) in [6, 6.07) is 5.43. The lowest BCUT2D eigenvalue weighted by molar-refractivity contribution is 0.0944. The molecule has 1 aromatic rings. The molecule has 0 bridgehead atoms. The number of benzene rings is 1. The fourth-order valence-electron chi connectivity index (χ4n) is 1.36. The fourth-order valence-corrected chi connectivity index (χ4v) is 2.59. The van der Waals surface area contributed by atoms with Gasteiger partial charge in [-0.3, -0.25) is 4.79 Å². The van der Waals surface area contributed by atoms with Gasteiger partial charge in [-0.1, -0.05) is 22.9 Å². The molecule has 3 nitrogen and oxygen atoms in total. The Bertz CT molecular complexity index is 396. The van der Waals surface area contributed by atoms with Crippen LogP contribution in [-0.2, 0) is 0 Å². The predicted molar refractivity (Wildman–Crippen MR) is 75.0 cm³/mol. The number of carbonyl (C=O) groups is 1. The molecule has 1 amide bonds. The van der Waals surface area contributed by atoms with E-state index in [1.165, 1.54) is 0 Å². The van der Waals surface area contributed by atoms with E-state index in [4.69, 9.17) is 5.11 Å². The summed E-state index contributed by atoms with van der Waals surface area (Å²) in [5, 5.41) is 11.6. The number of hydrogen-bond acceptors (Lipinski definition) is 2. The van der Waals surface area contributed by atoms with Crippen LogP contribution in [0.5, 0.6) is 0 Å². The Hall–Kier alpha value is -0.390. The molecule has 5 heteroatoms. The lowest BCUT2D eigenvalue weighted by atomic mass is 10.1. The summed E-state index contributed by atoms with van der Waals surface area (Å²) >= 11 is 6.69. The molecule has 2 N–H and O–H groups in total. The first-order valence-electron chi connectivity index (χ1n) is 5.38. The number of carbonyl (C=O) groups excluding carboxylic acids is 1. The highest BCUT2D eigenvalue weighted by Gasteiger charge is 2.11. The summed E-state index contributed by atoms with van der Waals surface area (Å²) in [7, 11) is 0. The Morgan fingerprint density at radius 3 is 2.76 bits per heavy atom. The molecular weight excluding hydrogens is 350 g/mol. The van der Waals surface area contributed by atoms with E-state index in [0.717, 1.165) is 8.95 Å². The van der Waals surface area contributed by atoms with Crippen LogP contribution in [0.2, 0.25) is 0 Å². The van der Waals surface area contributed by atoms with Gasteiger partial charge in [-0.2, -0.15) is 0 Å². The van der Waals surface area contributed by atoms with Crippen LogP contribution >= 0.6 is 31.9 Å². The third-order valence-corrected chi connectivity index (χ3v) is 3.56. The second kappa shape index (κ2) is 7.13. The molecule has 0 aliphatic rings. The Balaban J connectivity index is 2.58. The van der Waals surface area contributed by atoms with E-state index < -0.39 is 0 Å². The Morgan fingerprint density at radius 2 is 2.18 bits per heavy atom. The summed E-state index contributed by atoms with van der Waals surface area (Å²) in [4.78, 5) is 11.9. The summed E-state index contributed by atoms with van der Waals surface area (Å²) in [6.07, 6.45) is 0.696. The van der Waals surface area contributed by atoms with Gasteiger partial charge in [0.05, 0.1) is 5.56 Å². The number of rotatable bonds is 5. The molecule has 0 aromatic heterocycles. The molecule has 0 saturated heterocycles. The molecule has 0 fully saturated rings. The van der Waals surface area contributed by atoms with Crippen LogP contribution in [-0.4, -0.2) is 24.2 Å². The van der Waals surface area contributed by atoms with E-state index in [1.807, 2.05) is 19.1 Å². The lowest BCUT2D eigenvalue weighted by Gasteiger charge is -2.12. The smallest absolute Gasteiger partial charge is 0.252 e. The van der Waals surface area contributed by atoms with Gasteiger partial charge in [-0.15, -0.1) is 0 Å². The van der Waals surface area contributed by atoms with Gasteiger partial charge in [0.25, 0.3) is 5.91 Å². The van der Waals surface area contributed by atoms with Crippen molar-refractivity contribution in [1.82, 2.24) is 5.32 Å². The van der Waals surface area contributed by atoms with E-state index >= 15 is 0 Å². The fraction of sp³-hybridized carbons (Fsp3) is 0.417. The average Bonchev–Trinajstić information content (AvgIpc) is 2.26. The van der Waals surface area contributed by atoms with Gasteiger partial charge in [0.1, 0.15) is 0 Å².